The number of rotatable bonds is 2. The van der Waals surface area contributed by atoms with E-state index in [1.165, 1.54) is 19.2 Å². The molecule has 1 aliphatic heterocycles. The van der Waals surface area contributed by atoms with Gasteiger partial charge in [0.15, 0.2) is 0 Å². The number of hydrogen-bond acceptors (Lipinski definition) is 3. The number of aryl methyl sites for hydroxylation is 1. The number of esters is 1. The standard InChI is InChI=1S/C21H18FNO2S/c1-12-17-15-6-4-5-7-16(15)23(2)20(17)26-19(18(12)21(24)25-3)13-8-10-14(22)11-9-13/h4-11,19H,1-3H3. The molecule has 0 N–H and O–H groups in total. The van der Waals surface area contributed by atoms with Crippen LogP contribution in [0.3, 0.4) is 0 Å². The lowest BCUT2D eigenvalue weighted by molar-refractivity contribution is -0.136. The highest BCUT2D eigenvalue weighted by Crippen LogP contribution is 2.52. The lowest BCUT2D eigenvalue weighted by Crippen LogP contribution is -2.17. The Balaban J connectivity index is 1.99. The summed E-state index contributed by atoms with van der Waals surface area (Å²) in [6, 6.07) is 14.5. The molecular weight excluding hydrogens is 349 g/mol. The predicted molar refractivity (Wildman–Crippen MR) is 103 cm³/mol. The number of para-hydroxylation sites is 1. The number of fused-ring (bicyclic) bond motifs is 3. The number of thioether (sulfide) groups is 1. The molecule has 132 valence electrons. The maximum Gasteiger partial charge on any atom is 0.335 e. The minimum Gasteiger partial charge on any atom is -0.466 e. The molecule has 1 aliphatic rings. The van der Waals surface area contributed by atoms with Gasteiger partial charge in [-0.25, -0.2) is 9.18 Å². The molecule has 1 aromatic heterocycles. The normalized spacial score (nSPS) is 16.7. The molecule has 0 saturated carbocycles. The molecule has 3 aromatic rings. The quantitative estimate of drug-likeness (QED) is 0.590. The number of nitrogens with zero attached hydrogens (tertiary/aromatic N) is 1. The van der Waals surface area contributed by atoms with Crippen LogP contribution in [0.1, 0.15) is 23.3 Å². The van der Waals surface area contributed by atoms with Crippen LogP contribution in [0.4, 0.5) is 4.39 Å². The van der Waals surface area contributed by atoms with Gasteiger partial charge in [0.2, 0.25) is 0 Å². The number of halogens is 1. The third kappa shape index (κ3) is 2.46. The Labute approximate surface area is 155 Å². The van der Waals surface area contributed by atoms with Crippen molar-refractivity contribution in [2.24, 2.45) is 7.05 Å². The molecule has 1 unspecified atom stereocenters. The Morgan fingerprint density at radius 2 is 1.85 bits per heavy atom. The van der Waals surface area contributed by atoms with E-state index < -0.39 is 0 Å². The topological polar surface area (TPSA) is 31.2 Å². The van der Waals surface area contributed by atoms with Crippen LogP contribution >= 0.6 is 11.8 Å². The van der Waals surface area contributed by atoms with Gasteiger partial charge in [0.05, 0.1) is 23.0 Å². The van der Waals surface area contributed by atoms with E-state index in [1.54, 1.807) is 23.9 Å². The summed E-state index contributed by atoms with van der Waals surface area (Å²) < 4.78 is 20.6. The summed E-state index contributed by atoms with van der Waals surface area (Å²) in [4.78, 5) is 12.6. The average Bonchev–Trinajstić information content (AvgIpc) is 2.95. The van der Waals surface area contributed by atoms with E-state index in [4.69, 9.17) is 4.74 Å². The average molecular weight is 367 g/mol. The number of aromatic nitrogens is 1. The molecule has 1 atom stereocenters. The third-order valence-corrected chi connectivity index (χ3v) is 6.35. The largest absolute Gasteiger partial charge is 0.466 e. The minimum absolute atomic E-state index is 0.237. The summed E-state index contributed by atoms with van der Waals surface area (Å²) >= 11 is 1.61. The molecule has 0 fully saturated rings. The summed E-state index contributed by atoms with van der Waals surface area (Å²) in [7, 11) is 3.43. The number of hydrogen-bond donors (Lipinski definition) is 0. The highest BCUT2D eigenvalue weighted by atomic mass is 32.2. The molecular formula is C21H18FNO2S. The van der Waals surface area contributed by atoms with Crippen LogP contribution in [0.2, 0.25) is 0 Å². The Hall–Kier alpha value is -2.53. The van der Waals surface area contributed by atoms with E-state index in [2.05, 4.69) is 16.7 Å². The molecule has 0 amide bonds. The van der Waals surface area contributed by atoms with Gasteiger partial charge < -0.3 is 9.30 Å². The molecule has 3 nitrogen and oxygen atoms in total. The first-order valence-corrected chi connectivity index (χ1v) is 9.20. The summed E-state index contributed by atoms with van der Waals surface area (Å²) in [5, 5.41) is 1.98. The molecule has 26 heavy (non-hydrogen) atoms. The van der Waals surface area contributed by atoms with Gasteiger partial charge >= 0.3 is 5.97 Å². The fourth-order valence-corrected chi connectivity index (χ4v) is 5.16. The highest BCUT2D eigenvalue weighted by Gasteiger charge is 2.35. The predicted octanol–water partition coefficient (Wildman–Crippen LogP) is 5.11. The van der Waals surface area contributed by atoms with Crippen molar-refractivity contribution in [2.75, 3.05) is 7.11 Å². The second kappa shape index (κ2) is 6.32. The molecule has 0 aliphatic carbocycles. The van der Waals surface area contributed by atoms with Crippen molar-refractivity contribution < 1.29 is 13.9 Å². The molecule has 2 heterocycles. The van der Waals surface area contributed by atoms with Crippen LogP contribution in [0.25, 0.3) is 16.5 Å². The summed E-state index contributed by atoms with van der Waals surface area (Å²) in [5.41, 5.74) is 4.61. The lowest BCUT2D eigenvalue weighted by atomic mass is 9.94. The van der Waals surface area contributed by atoms with Crippen molar-refractivity contribution in [1.82, 2.24) is 4.57 Å². The molecule has 0 bridgehead atoms. The van der Waals surface area contributed by atoms with Crippen molar-refractivity contribution in [3.8, 4) is 0 Å². The Morgan fingerprint density at radius 1 is 1.15 bits per heavy atom. The first-order valence-electron chi connectivity index (χ1n) is 8.32. The number of carbonyl (C=O) groups is 1. The number of allylic oxidation sites excluding steroid dienone is 1. The van der Waals surface area contributed by atoms with Gasteiger partial charge in [0.1, 0.15) is 5.82 Å². The third-order valence-electron chi connectivity index (χ3n) is 4.90. The van der Waals surface area contributed by atoms with Gasteiger partial charge in [-0.15, -0.1) is 0 Å². The maximum atomic E-state index is 13.4. The summed E-state index contributed by atoms with van der Waals surface area (Å²) in [5.74, 6) is -0.636. The van der Waals surface area contributed by atoms with E-state index in [9.17, 15) is 9.18 Å². The second-order valence-corrected chi connectivity index (χ2v) is 7.43. The molecule has 4 rings (SSSR count). The number of carbonyl (C=O) groups excluding carboxylic acids is 1. The molecule has 0 spiro atoms. The fraction of sp³-hybridized carbons (Fsp3) is 0.190. The van der Waals surface area contributed by atoms with Crippen LogP contribution in [0.5, 0.6) is 0 Å². The van der Waals surface area contributed by atoms with Crippen molar-refractivity contribution in [1.29, 1.82) is 0 Å². The fourth-order valence-electron chi connectivity index (χ4n) is 3.61. The molecule has 5 heteroatoms. The number of ether oxygens (including phenoxy) is 1. The summed E-state index contributed by atoms with van der Waals surface area (Å²) in [6.45, 7) is 1.97. The Morgan fingerprint density at radius 3 is 2.54 bits per heavy atom. The van der Waals surface area contributed by atoms with Crippen LogP contribution in [0, 0.1) is 5.82 Å². The van der Waals surface area contributed by atoms with E-state index >= 15 is 0 Å². The van der Waals surface area contributed by atoms with Crippen molar-refractivity contribution in [3.05, 3.63) is 71.0 Å². The van der Waals surface area contributed by atoms with Crippen LogP contribution < -0.4 is 0 Å². The van der Waals surface area contributed by atoms with E-state index in [1.807, 2.05) is 26.1 Å². The smallest absolute Gasteiger partial charge is 0.335 e. The molecule has 2 aromatic carbocycles. The van der Waals surface area contributed by atoms with Gasteiger partial charge in [-0.1, -0.05) is 42.1 Å². The van der Waals surface area contributed by atoms with Crippen LogP contribution in [-0.2, 0) is 16.6 Å². The first-order chi connectivity index (χ1) is 12.5. The molecule has 0 saturated heterocycles. The Bertz CT molecular complexity index is 1050. The Kier molecular flexibility index (Phi) is 4.11. The van der Waals surface area contributed by atoms with Gasteiger partial charge in [-0.2, -0.15) is 0 Å². The molecule has 0 radical (unpaired) electrons. The van der Waals surface area contributed by atoms with Gasteiger partial charge in [-0.3, -0.25) is 0 Å². The lowest BCUT2D eigenvalue weighted by Gasteiger charge is -2.27. The SMILES string of the molecule is COC(=O)C1=C(C)c2c(n(C)c3ccccc23)SC1c1ccc(F)cc1. The zero-order valence-electron chi connectivity index (χ0n) is 14.7. The monoisotopic (exact) mass is 367 g/mol. The number of methoxy groups -OCH3 is 1. The zero-order chi connectivity index (χ0) is 18.4. The van der Waals surface area contributed by atoms with E-state index in [0.717, 1.165) is 32.6 Å². The van der Waals surface area contributed by atoms with Crippen molar-refractivity contribution in [2.45, 2.75) is 17.2 Å². The van der Waals surface area contributed by atoms with Gasteiger partial charge in [0.25, 0.3) is 0 Å². The van der Waals surface area contributed by atoms with Crippen molar-refractivity contribution in [3.63, 3.8) is 0 Å². The van der Waals surface area contributed by atoms with Gasteiger partial charge in [-0.05, 0) is 36.3 Å². The highest BCUT2D eigenvalue weighted by molar-refractivity contribution is 7.99. The van der Waals surface area contributed by atoms with Crippen LogP contribution in [-0.4, -0.2) is 17.6 Å². The number of benzene rings is 2. The maximum absolute atomic E-state index is 13.4. The zero-order valence-corrected chi connectivity index (χ0v) is 15.6. The first kappa shape index (κ1) is 16.9. The van der Waals surface area contributed by atoms with E-state index in [-0.39, 0.29) is 17.0 Å². The second-order valence-electron chi connectivity index (χ2n) is 6.34. The van der Waals surface area contributed by atoms with Gasteiger partial charge in [0, 0.05) is 23.5 Å². The summed E-state index contributed by atoms with van der Waals surface area (Å²) in [6.07, 6.45) is 0. The van der Waals surface area contributed by atoms with Crippen molar-refractivity contribution >= 4 is 34.2 Å². The van der Waals surface area contributed by atoms with E-state index in [0.29, 0.717) is 5.57 Å². The minimum atomic E-state index is -0.345. The van der Waals surface area contributed by atoms with Crippen LogP contribution in [0.15, 0.2) is 59.1 Å².